The van der Waals surface area contributed by atoms with Crippen molar-refractivity contribution >= 4 is 308 Å². The molecule has 7 nitrogen and oxygen atoms in total. The Balaban J connectivity index is 0.826. The quantitative estimate of drug-likeness (QED) is 0.156. The van der Waals surface area contributed by atoms with Gasteiger partial charge >= 0.3 is 0 Å². The summed E-state index contributed by atoms with van der Waals surface area (Å²) < 4.78 is 17.3. The third-order valence-electron chi connectivity index (χ3n) is 28.0. The summed E-state index contributed by atoms with van der Waals surface area (Å²) in [6.07, 6.45) is 0. The minimum absolute atomic E-state index is 0.119. The molecule has 7 heteroatoms. The van der Waals surface area contributed by atoms with Crippen LogP contribution in [-0.2, 0) is 10.8 Å². The maximum atomic E-state index is 14.6. The SMILES string of the molecule is COc1cc2cc(C(=O)NCCN3CC45c6c7c8c9c%10c%11c(c%12c%13c4c4c6c6c%14c7c7c8c8c%10c%10c%15c%11c%11c%12c%12c%13c%13c4c4c6c6c%14c%14c7c7c8c%10c8c%10c%15c%11c%11c%12c%12c%13c4c4c6c6c%14c7c8c7c%10c%11c%12c4c67)C95C3)[nH]c2c(OC)c1OC. The van der Waals surface area contributed by atoms with Crippen LogP contribution in [0.2, 0.25) is 0 Å². The average Bonchev–Trinajstić information content (AvgIpc) is 1.39. The van der Waals surface area contributed by atoms with E-state index in [-0.39, 0.29) is 16.7 Å². The third-order valence-corrected chi connectivity index (χ3v) is 28.0. The Kier molecular flexibility index (Phi) is 3.32. The van der Waals surface area contributed by atoms with Crippen molar-refractivity contribution in [1.29, 1.82) is 0 Å². The molecular formula is C76H21N3O4. The smallest absolute Gasteiger partial charge is 0.267 e. The van der Waals surface area contributed by atoms with Crippen LogP contribution in [-0.4, -0.2) is 63.3 Å². The maximum absolute atomic E-state index is 14.6. The van der Waals surface area contributed by atoms with Gasteiger partial charge < -0.3 is 24.5 Å². The Morgan fingerprint density at radius 2 is 0.627 bits per heavy atom. The van der Waals surface area contributed by atoms with E-state index < -0.39 is 0 Å². The second-order valence-electron chi connectivity index (χ2n) is 28.8. The van der Waals surface area contributed by atoms with Crippen LogP contribution in [0.4, 0.5) is 0 Å². The van der Waals surface area contributed by atoms with Crippen molar-refractivity contribution in [2.45, 2.75) is 10.8 Å². The summed E-state index contributed by atoms with van der Waals surface area (Å²) in [5, 5.41) is 92.3. The minimum Gasteiger partial charge on any atom is -0.493 e. The van der Waals surface area contributed by atoms with Gasteiger partial charge in [-0.25, -0.2) is 0 Å². The molecule has 0 saturated carbocycles. The minimum atomic E-state index is -0.325. The van der Waals surface area contributed by atoms with Gasteiger partial charge in [-0.3, -0.25) is 9.69 Å². The fourth-order valence-corrected chi connectivity index (χ4v) is 27.3. The van der Waals surface area contributed by atoms with E-state index in [0.717, 1.165) is 30.5 Å². The lowest BCUT2D eigenvalue weighted by atomic mass is 9.50. The molecule has 1 fully saturated rings. The van der Waals surface area contributed by atoms with Crippen molar-refractivity contribution in [3.05, 3.63) is 40.1 Å². The van der Waals surface area contributed by atoms with E-state index in [2.05, 4.69) is 15.2 Å². The molecule has 1 amide bonds. The number of carbonyl (C=O) groups excluding carboxylic acids is 1. The van der Waals surface area contributed by atoms with E-state index in [1.54, 1.807) is 334 Å². The molecule has 0 bridgehead atoms. The van der Waals surface area contributed by atoms with Crippen molar-refractivity contribution < 1.29 is 19.0 Å². The number of nitrogens with one attached hydrogen (secondary N) is 2. The number of hydrogen-bond acceptors (Lipinski definition) is 5. The predicted molar refractivity (Wildman–Crippen MR) is 341 cm³/mol. The molecule has 2 heterocycles. The molecule has 2 spiro atoms. The topological polar surface area (TPSA) is 75.8 Å². The van der Waals surface area contributed by atoms with Crippen LogP contribution in [0.25, 0.3) is 302 Å². The monoisotopic (exact) mass is 1040 g/mol. The molecule has 1 saturated heterocycles. The highest BCUT2D eigenvalue weighted by molar-refractivity contribution is 6.82. The van der Waals surface area contributed by atoms with E-state index in [1.807, 2.05) is 12.1 Å². The first kappa shape index (κ1) is 33.7. The van der Waals surface area contributed by atoms with Crippen LogP contribution in [0.1, 0.15) is 32.7 Å². The molecule has 30 aromatic rings. The number of aromatic nitrogens is 1. The number of carbonyl (C=O) groups is 1. The Hall–Kier alpha value is -9.95. The fourth-order valence-electron chi connectivity index (χ4n) is 27.3. The van der Waals surface area contributed by atoms with E-state index >= 15 is 0 Å². The Bertz CT molecular complexity index is 7550. The van der Waals surface area contributed by atoms with Gasteiger partial charge in [0, 0.05) is 31.6 Å². The van der Waals surface area contributed by atoms with Gasteiger partial charge in [0.15, 0.2) is 11.5 Å². The van der Waals surface area contributed by atoms with E-state index in [9.17, 15) is 4.79 Å². The number of fused-ring (bicyclic) bond motifs is 1. The molecule has 2 N–H and O–H groups in total. The summed E-state index contributed by atoms with van der Waals surface area (Å²) in [7, 11) is 4.88. The lowest BCUT2D eigenvalue weighted by molar-refractivity contribution is 0.0945. The van der Waals surface area contributed by atoms with Crippen LogP contribution in [0.3, 0.4) is 0 Å². The molecule has 1 aromatic heterocycles. The number of likely N-dealkylation sites (tertiary alicyclic amines) is 1. The Morgan fingerprint density at radius 3 is 0.867 bits per heavy atom. The number of H-pyrrole nitrogens is 1. The van der Waals surface area contributed by atoms with Gasteiger partial charge in [-0.05, 0) is 325 Å². The van der Waals surface area contributed by atoms with Crippen LogP contribution in [0.15, 0.2) is 12.1 Å². The standard InChI is InChI=1S/C76H21N3O4/c1-81-12-7-10-6-11(78-71(10)73(83-3)72(12)82-2)74(80)77-4-5-79-8-75-67-59-51-41-31-23-15-13-14-17-21-19(15)27-35-29(21)39-33-25(17)26-18(14)22-20-16(13)24(23)32-38-28(20)36-30(22)40-34(26)44-43(33)53-47(39)57-49(35)55(45(51)37(27)31)63(67)65(57)69-61(53)62-54(44)48(40)58-50(36)56-46(38)52(42(32)41)60(59)68(75)64(56)66(58)70(62)76(69,75)9-79/h6-7,78H,4-5,8-9H2,1-3H3,(H,77,80). The average molecular weight is 1040 g/mol. The van der Waals surface area contributed by atoms with Crippen molar-refractivity contribution in [2.75, 3.05) is 47.5 Å². The largest absolute Gasteiger partial charge is 0.493 e. The molecule has 35 rings (SSSR count). The second-order valence-corrected chi connectivity index (χ2v) is 28.8. The highest BCUT2D eigenvalue weighted by Gasteiger charge is 2.72. The van der Waals surface area contributed by atoms with Crippen LogP contribution < -0.4 is 19.5 Å². The van der Waals surface area contributed by atoms with E-state index in [0.29, 0.717) is 29.5 Å². The first-order chi connectivity index (χ1) is 41.1. The van der Waals surface area contributed by atoms with Gasteiger partial charge in [0.05, 0.1) is 37.7 Å². The predicted octanol–water partition coefficient (Wildman–Crippen LogP) is 17.5. The second kappa shape index (κ2) is 8.17. The highest BCUT2D eigenvalue weighted by Crippen LogP contribution is 2.85. The number of aromatic amines is 1. The summed E-state index contributed by atoms with van der Waals surface area (Å²) in [6.45, 7) is 3.15. The van der Waals surface area contributed by atoms with Gasteiger partial charge in [-0.2, -0.15) is 0 Å². The normalized spacial score (nSPS) is 21.0. The number of ether oxygens (including phenoxy) is 3. The number of hydrogen-bond donors (Lipinski definition) is 2. The fraction of sp³-hybridized carbons (Fsp3) is 0.118. The molecule has 1 aliphatic heterocycles. The van der Waals surface area contributed by atoms with Crippen LogP contribution in [0, 0.1) is 0 Å². The zero-order valence-corrected chi connectivity index (χ0v) is 43.6. The lowest BCUT2D eigenvalue weighted by Crippen LogP contribution is -2.51. The summed E-state index contributed by atoms with van der Waals surface area (Å²) in [6, 6.07) is 3.84. The highest BCUT2D eigenvalue weighted by atomic mass is 16.5. The number of nitrogens with zero attached hydrogens (tertiary/aromatic N) is 1. The molecule has 83 heavy (non-hydrogen) atoms. The maximum Gasteiger partial charge on any atom is 0.267 e. The van der Waals surface area contributed by atoms with Gasteiger partial charge in [0.1, 0.15) is 5.69 Å². The Morgan fingerprint density at radius 1 is 0.373 bits per heavy atom. The number of rotatable bonds is 7. The van der Waals surface area contributed by atoms with Crippen LogP contribution >= 0.6 is 0 Å². The van der Waals surface area contributed by atoms with Crippen molar-refractivity contribution in [3.8, 4) is 17.2 Å². The van der Waals surface area contributed by atoms with Gasteiger partial charge in [-0.15, -0.1) is 0 Å². The summed E-state index contributed by atoms with van der Waals surface area (Å²) in [5.74, 6) is 1.48. The van der Waals surface area contributed by atoms with Crippen molar-refractivity contribution in [3.63, 3.8) is 0 Å². The molecule has 0 radical (unpaired) electrons. The van der Waals surface area contributed by atoms with Gasteiger partial charge in [0.25, 0.3) is 5.91 Å². The summed E-state index contributed by atoms with van der Waals surface area (Å²) in [4.78, 5) is 20.9. The summed E-state index contributed by atoms with van der Waals surface area (Å²) in [5.41, 5.74) is 7.39. The first-order valence-corrected chi connectivity index (χ1v) is 30.2. The number of benzene rings is 19. The van der Waals surface area contributed by atoms with E-state index in [1.165, 1.54) is 0 Å². The van der Waals surface area contributed by atoms with E-state index in [4.69, 9.17) is 14.2 Å². The first-order valence-electron chi connectivity index (χ1n) is 30.2. The van der Waals surface area contributed by atoms with Crippen molar-refractivity contribution in [1.82, 2.24) is 15.2 Å². The van der Waals surface area contributed by atoms with Crippen LogP contribution in [0.5, 0.6) is 17.2 Å². The van der Waals surface area contributed by atoms with Crippen molar-refractivity contribution in [2.24, 2.45) is 0 Å². The van der Waals surface area contributed by atoms with Gasteiger partial charge in [0.2, 0.25) is 5.75 Å². The molecule has 0 unspecified atom stereocenters. The zero-order valence-electron chi connectivity index (χ0n) is 43.6. The Labute approximate surface area is 455 Å². The molecule has 4 aliphatic carbocycles. The lowest BCUT2D eigenvalue weighted by Gasteiger charge is -2.49. The summed E-state index contributed by atoms with van der Waals surface area (Å²) >= 11 is 0. The third kappa shape index (κ3) is 2.03. The van der Waals surface area contributed by atoms with Gasteiger partial charge in [-0.1, -0.05) is 0 Å². The molecular weight excluding hydrogens is 1020 g/mol. The molecule has 0 atom stereocenters. The number of methoxy groups -OCH3 is 3. The number of amides is 1. The molecule has 364 valence electrons. The zero-order chi connectivity index (χ0) is 50.9. The molecule has 5 aliphatic rings. The molecule has 29 aromatic carbocycles.